The monoisotopic (exact) mass is 400 g/mol. The Morgan fingerprint density at radius 1 is 1.28 bits per heavy atom. The van der Waals surface area contributed by atoms with E-state index in [2.05, 4.69) is 55.3 Å². The number of carbonyl (C=O) groups is 2. The van der Waals surface area contributed by atoms with Crippen LogP contribution in [0.25, 0.3) is 0 Å². The first kappa shape index (κ1) is 21.8. The molecule has 2 unspecified atom stereocenters. The molecular weight excluding hydrogens is 364 g/mol. The number of hydrogen-bond donors (Lipinski definition) is 2. The second-order valence-corrected chi connectivity index (χ2v) is 9.00. The van der Waals surface area contributed by atoms with Gasteiger partial charge in [0.25, 0.3) is 0 Å². The summed E-state index contributed by atoms with van der Waals surface area (Å²) in [6.07, 6.45) is 2.60. The number of nitrogens with zero attached hydrogens (tertiary/aromatic N) is 2. The van der Waals surface area contributed by atoms with Crippen LogP contribution >= 0.6 is 0 Å². The van der Waals surface area contributed by atoms with E-state index in [0.717, 1.165) is 25.9 Å². The van der Waals surface area contributed by atoms with Gasteiger partial charge in [0.15, 0.2) is 0 Å². The largest absolute Gasteiger partial charge is 0.353 e. The highest BCUT2D eigenvalue weighted by Crippen LogP contribution is 2.35. The van der Waals surface area contributed by atoms with Crippen LogP contribution in [0.15, 0.2) is 24.3 Å². The third-order valence-corrected chi connectivity index (χ3v) is 5.99. The molecule has 1 aliphatic carbocycles. The maximum absolute atomic E-state index is 12.9. The summed E-state index contributed by atoms with van der Waals surface area (Å²) in [6, 6.07) is 8.27. The van der Waals surface area contributed by atoms with Crippen molar-refractivity contribution in [2.24, 2.45) is 17.6 Å². The Bertz CT molecular complexity index is 717. The molecule has 3 N–H and O–H groups in total. The van der Waals surface area contributed by atoms with Gasteiger partial charge in [0.1, 0.15) is 6.04 Å². The predicted molar refractivity (Wildman–Crippen MR) is 115 cm³/mol. The van der Waals surface area contributed by atoms with Crippen LogP contribution in [0.4, 0.5) is 0 Å². The molecule has 0 bridgehead atoms. The van der Waals surface area contributed by atoms with Crippen molar-refractivity contribution in [3.8, 4) is 0 Å². The second kappa shape index (κ2) is 9.72. The van der Waals surface area contributed by atoms with Crippen molar-refractivity contribution in [3.05, 3.63) is 35.4 Å². The summed E-state index contributed by atoms with van der Waals surface area (Å²) in [6.45, 7) is 9.87. The van der Waals surface area contributed by atoms with Crippen LogP contribution in [0.3, 0.4) is 0 Å². The molecule has 3 rings (SSSR count). The van der Waals surface area contributed by atoms with Gasteiger partial charge in [-0.05, 0) is 43.2 Å². The topological polar surface area (TPSA) is 78.7 Å². The molecule has 1 aromatic carbocycles. The Labute approximate surface area is 174 Å². The van der Waals surface area contributed by atoms with E-state index in [1.165, 1.54) is 11.1 Å². The van der Waals surface area contributed by atoms with E-state index in [4.69, 9.17) is 5.73 Å². The third kappa shape index (κ3) is 5.58. The van der Waals surface area contributed by atoms with Gasteiger partial charge in [0.2, 0.25) is 11.8 Å². The lowest BCUT2D eigenvalue weighted by Gasteiger charge is -2.31. The quantitative estimate of drug-likeness (QED) is 0.664. The zero-order valence-electron chi connectivity index (χ0n) is 18.1. The molecule has 0 radical (unpaired) electrons. The Morgan fingerprint density at radius 3 is 2.62 bits per heavy atom. The summed E-state index contributed by atoms with van der Waals surface area (Å²) >= 11 is 0. The van der Waals surface area contributed by atoms with Gasteiger partial charge in [-0.15, -0.1) is 0 Å². The van der Waals surface area contributed by atoms with E-state index in [-0.39, 0.29) is 29.8 Å². The van der Waals surface area contributed by atoms with E-state index >= 15 is 0 Å². The van der Waals surface area contributed by atoms with Crippen molar-refractivity contribution in [3.63, 3.8) is 0 Å². The molecule has 6 heteroatoms. The summed E-state index contributed by atoms with van der Waals surface area (Å²) in [4.78, 5) is 30.0. The van der Waals surface area contributed by atoms with Gasteiger partial charge in [-0.3, -0.25) is 14.5 Å². The fraction of sp³-hybridized carbons (Fsp3) is 0.652. The van der Waals surface area contributed by atoms with Crippen molar-refractivity contribution < 1.29 is 9.59 Å². The number of carbonyl (C=O) groups excluding carboxylic acids is 2. The van der Waals surface area contributed by atoms with Crippen LogP contribution < -0.4 is 11.1 Å². The molecule has 2 atom stereocenters. The highest BCUT2D eigenvalue weighted by atomic mass is 16.2. The number of benzene rings is 1. The molecule has 2 aliphatic rings. The van der Waals surface area contributed by atoms with E-state index in [1.54, 1.807) is 0 Å². The number of likely N-dealkylation sites (tertiary alicyclic amines) is 1. The molecule has 1 aliphatic heterocycles. The number of aryl methyl sites for hydroxylation is 1. The van der Waals surface area contributed by atoms with E-state index < -0.39 is 0 Å². The maximum atomic E-state index is 12.9. The molecule has 6 nitrogen and oxygen atoms in total. The summed E-state index contributed by atoms with van der Waals surface area (Å²) in [5, 5.41) is 2.90. The van der Waals surface area contributed by atoms with E-state index in [0.29, 0.717) is 32.0 Å². The summed E-state index contributed by atoms with van der Waals surface area (Å²) in [5.74, 6) is 0.721. The van der Waals surface area contributed by atoms with Crippen molar-refractivity contribution in [1.82, 2.24) is 15.1 Å². The number of nitrogens with one attached hydrogen (secondary N) is 1. The van der Waals surface area contributed by atoms with Gasteiger partial charge in [-0.25, -0.2) is 0 Å². The van der Waals surface area contributed by atoms with Crippen LogP contribution in [0.2, 0.25) is 0 Å². The van der Waals surface area contributed by atoms with Crippen molar-refractivity contribution >= 4 is 11.8 Å². The fourth-order valence-electron chi connectivity index (χ4n) is 4.27. The van der Waals surface area contributed by atoms with Crippen LogP contribution in [0.5, 0.6) is 0 Å². The lowest BCUT2D eigenvalue weighted by atomic mass is 10.0. The summed E-state index contributed by atoms with van der Waals surface area (Å²) < 4.78 is 0. The second-order valence-electron chi connectivity index (χ2n) is 9.00. The summed E-state index contributed by atoms with van der Waals surface area (Å²) in [7, 11) is 0. The minimum atomic E-state index is -0.383. The lowest BCUT2D eigenvalue weighted by Crippen LogP contribution is -2.47. The smallest absolute Gasteiger partial charge is 0.242 e. The number of amides is 2. The first-order valence-corrected chi connectivity index (χ1v) is 11.0. The molecule has 2 fully saturated rings. The lowest BCUT2D eigenvalue weighted by molar-refractivity contribution is -0.139. The maximum Gasteiger partial charge on any atom is 0.242 e. The molecule has 29 heavy (non-hydrogen) atoms. The Kier molecular flexibility index (Phi) is 7.30. The highest BCUT2D eigenvalue weighted by Gasteiger charge is 2.45. The number of nitrogens with two attached hydrogens (primary N) is 1. The standard InChI is InChI=1S/C23H36N4O2/c1-16(2)13-26(14-19-7-5-4-6-17(19)3)20-12-21(22(28)25-11-10-24)27(15-20)23(29)18-8-9-18/h4-7,16,18,20-21H,8-15,24H2,1-3H3,(H,25,28). The average molecular weight is 401 g/mol. The Morgan fingerprint density at radius 2 is 2.00 bits per heavy atom. The molecule has 1 saturated heterocycles. The SMILES string of the molecule is Cc1ccccc1CN(CC(C)C)C1CC(C(=O)NCCN)N(C(=O)C2CC2)C1. The molecule has 0 aromatic heterocycles. The number of rotatable bonds is 9. The zero-order valence-corrected chi connectivity index (χ0v) is 18.1. The highest BCUT2D eigenvalue weighted by molar-refractivity contribution is 5.90. The first-order chi connectivity index (χ1) is 13.9. The molecule has 0 spiro atoms. The average Bonchev–Trinajstić information content (AvgIpc) is 3.44. The van der Waals surface area contributed by atoms with Crippen LogP contribution in [0.1, 0.15) is 44.2 Å². The minimum absolute atomic E-state index is 0.0626. The zero-order chi connectivity index (χ0) is 21.0. The molecule has 160 valence electrons. The van der Waals surface area contributed by atoms with Gasteiger partial charge in [-0.2, -0.15) is 0 Å². The van der Waals surface area contributed by atoms with Crippen molar-refractivity contribution in [2.75, 3.05) is 26.2 Å². The van der Waals surface area contributed by atoms with Gasteiger partial charge in [0.05, 0.1) is 0 Å². The van der Waals surface area contributed by atoms with Gasteiger partial charge < -0.3 is 16.0 Å². The van der Waals surface area contributed by atoms with Crippen molar-refractivity contribution in [1.29, 1.82) is 0 Å². The Balaban J connectivity index is 1.78. The molecule has 1 aromatic rings. The van der Waals surface area contributed by atoms with Crippen LogP contribution in [-0.4, -0.2) is 59.9 Å². The molecule has 1 saturated carbocycles. The van der Waals surface area contributed by atoms with Crippen LogP contribution in [-0.2, 0) is 16.1 Å². The molecule has 2 amide bonds. The third-order valence-electron chi connectivity index (χ3n) is 5.99. The van der Waals surface area contributed by atoms with Gasteiger partial charge in [0, 0.05) is 44.7 Å². The minimum Gasteiger partial charge on any atom is -0.353 e. The first-order valence-electron chi connectivity index (χ1n) is 11.0. The predicted octanol–water partition coefficient (Wildman–Crippen LogP) is 1.91. The van der Waals surface area contributed by atoms with Crippen LogP contribution in [0, 0.1) is 18.8 Å². The van der Waals surface area contributed by atoms with Gasteiger partial charge >= 0.3 is 0 Å². The number of hydrogen-bond acceptors (Lipinski definition) is 4. The summed E-state index contributed by atoms with van der Waals surface area (Å²) in [5.41, 5.74) is 8.14. The normalized spacial score (nSPS) is 21.8. The van der Waals surface area contributed by atoms with Gasteiger partial charge in [-0.1, -0.05) is 38.1 Å². The van der Waals surface area contributed by atoms with Crippen molar-refractivity contribution in [2.45, 2.75) is 58.7 Å². The van der Waals surface area contributed by atoms with E-state index in [9.17, 15) is 9.59 Å². The molecule has 1 heterocycles. The van der Waals surface area contributed by atoms with E-state index in [1.807, 2.05) is 4.90 Å². The Hall–Kier alpha value is -1.92. The molecular formula is C23H36N4O2. The fourth-order valence-corrected chi connectivity index (χ4v) is 4.27.